The molecule has 0 unspecified atom stereocenters. The van der Waals surface area contributed by atoms with E-state index in [0.29, 0.717) is 35.9 Å². The van der Waals surface area contributed by atoms with E-state index in [9.17, 15) is 4.79 Å². The van der Waals surface area contributed by atoms with Gasteiger partial charge in [-0.3, -0.25) is 4.79 Å². The lowest BCUT2D eigenvalue weighted by Gasteiger charge is -2.30. The van der Waals surface area contributed by atoms with Crippen molar-refractivity contribution < 1.29 is 9.53 Å². The first-order chi connectivity index (χ1) is 14.8. The lowest BCUT2D eigenvalue weighted by molar-refractivity contribution is 0.0911. The van der Waals surface area contributed by atoms with Crippen molar-refractivity contribution in [1.82, 2.24) is 9.97 Å². The molecule has 2 N–H and O–H groups in total. The van der Waals surface area contributed by atoms with E-state index in [-0.39, 0.29) is 11.2 Å². The fraction of sp³-hybridized carbons (Fsp3) is 0.320. The van der Waals surface area contributed by atoms with Crippen LogP contribution in [-0.2, 0) is 6.42 Å². The van der Waals surface area contributed by atoms with Gasteiger partial charge in [-0.25, -0.2) is 4.98 Å². The predicted octanol–water partition coefficient (Wildman–Crippen LogP) is 5.74. The van der Waals surface area contributed by atoms with Gasteiger partial charge in [-0.2, -0.15) is 4.98 Å². The summed E-state index contributed by atoms with van der Waals surface area (Å²) in [4.78, 5) is 22.6. The molecule has 0 saturated carbocycles. The van der Waals surface area contributed by atoms with Crippen LogP contribution in [0.1, 0.15) is 47.4 Å². The topological polar surface area (TPSA) is 76.1 Å². The van der Waals surface area contributed by atoms with Gasteiger partial charge in [0.05, 0.1) is 24.1 Å². The third-order valence-electron chi connectivity index (χ3n) is 5.63. The molecule has 0 radical (unpaired) electrons. The molecule has 6 nitrogen and oxygen atoms in total. The maximum atomic E-state index is 13.1. The SMILES string of the molecule is COc1ccccc1Nc1nc2c(c(Nc3c(C)cccc3C)n1)C(=O)CC(C)(C)C2. The first kappa shape index (κ1) is 20.8. The second-order valence-electron chi connectivity index (χ2n) is 8.88. The Hall–Kier alpha value is -3.41. The number of nitrogens with zero attached hydrogens (tertiary/aromatic N) is 2. The third-order valence-corrected chi connectivity index (χ3v) is 5.63. The van der Waals surface area contributed by atoms with Gasteiger partial charge in [0, 0.05) is 12.1 Å². The zero-order valence-corrected chi connectivity index (χ0v) is 18.7. The summed E-state index contributed by atoms with van der Waals surface area (Å²) in [6, 6.07) is 13.7. The number of para-hydroxylation sites is 3. The highest BCUT2D eigenvalue weighted by Crippen LogP contribution is 2.38. The number of hydrogen-bond acceptors (Lipinski definition) is 6. The Kier molecular flexibility index (Phi) is 5.39. The van der Waals surface area contributed by atoms with Gasteiger partial charge in [0.15, 0.2) is 5.78 Å². The molecule has 0 fully saturated rings. The summed E-state index contributed by atoms with van der Waals surface area (Å²) < 4.78 is 5.45. The van der Waals surface area contributed by atoms with Crippen LogP contribution in [0.2, 0.25) is 0 Å². The van der Waals surface area contributed by atoms with Crippen molar-refractivity contribution in [3.05, 3.63) is 64.8 Å². The highest BCUT2D eigenvalue weighted by molar-refractivity contribution is 6.03. The van der Waals surface area contributed by atoms with Gasteiger partial charge in [-0.15, -0.1) is 0 Å². The average Bonchev–Trinajstić information content (AvgIpc) is 2.69. The van der Waals surface area contributed by atoms with Crippen LogP contribution >= 0.6 is 0 Å². The van der Waals surface area contributed by atoms with Crippen LogP contribution in [0.5, 0.6) is 5.75 Å². The molecule has 4 rings (SSSR count). The number of nitrogens with one attached hydrogen (secondary N) is 2. The summed E-state index contributed by atoms with van der Waals surface area (Å²) in [5, 5.41) is 6.71. The van der Waals surface area contributed by atoms with Crippen molar-refractivity contribution in [2.24, 2.45) is 5.41 Å². The Morgan fingerprint density at radius 1 is 0.935 bits per heavy atom. The Bertz CT molecular complexity index is 1130. The number of ketones is 1. The molecule has 31 heavy (non-hydrogen) atoms. The van der Waals surface area contributed by atoms with Gasteiger partial charge in [0.1, 0.15) is 11.6 Å². The molecule has 3 aromatic rings. The summed E-state index contributed by atoms with van der Waals surface area (Å²) in [5.41, 5.74) is 5.13. The van der Waals surface area contributed by atoms with E-state index in [4.69, 9.17) is 14.7 Å². The van der Waals surface area contributed by atoms with Crippen LogP contribution in [0.15, 0.2) is 42.5 Å². The van der Waals surface area contributed by atoms with Gasteiger partial charge in [-0.1, -0.05) is 44.2 Å². The summed E-state index contributed by atoms with van der Waals surface area (Å²) in [7, 11) is 1.63. The number of hydrogen-bond donors (Lipinski definition) is 2. The first-order valence-electron chi connectivity index (χ1n) is 10.4. The molecule has 0 amide bonds. The number of benzene rings is 2. The molecule has 0 atom stereocenters. The molecule has 1 aliphatic carbocycles. The highest BCUT2D eigenvalue weighted by Gasteiger charge is 2.35. The van der Waals surface area contributed by atoms with Gasteiger partial charge < -0.3 is 15.4 Å². The van der Waals surface area contributed by atoms with Crippen LogP contribution in [0, 0.1) is 19.3 Å². The summed E-state index contributed by atoms with van der Waals surface area (Å²) in [6.07, 6.45) is 1.18. The minimum atomic E-state index is -0.143. The largest absolute Gasteiger partial charge is 0.495 e. The second kappa shape index (κ2) is 8.02. The van der Waals surface area contributed by atoms with E-state index in [1.54, 1.807) is 7.11 Å². The molecule has 2 aromatic carbocycles. The van der Waals surface area contributed by atoms with Gasteiger partial charge in [0.2, 0.25) is 5.95 Å². The molecular formula is C25H28N4O2. The molecule has 1 aliphatic rings. The van der Waals surface area contributed by atoms with Crippen molar-refractivity contribution in [2.45, 2.75) is 40.5 Å². The average molecular weight is 417 g/mol. The second-order valence-corrected chi connectivity index (χ2v) is 8.88. The Balaban J connectivity index is 1.83. The van der Waals surface area contributed by atoms with Crippen LogP contribution in [0.3, 0.4) is 0 Å². The smallest absolute Gasteiger partial charge is 0.229 e. The van der Waals surface area contributed by atoms with E-state index < -0.39 is 0 Å². The van der Waals surface area contributed by atoms with E-state index in [0.717, 1.165) is 28.2 Å². The van der Waals surface area contributed by atoms with Gasteiger partial charge >= 0.3 is 0 Å². The number of carbonyl (C=O) groups excluding carboxylic acids is 1. The Labute approximate surface area is 183 Å². The highest BCUT2D eigenvalue weighted by atomic mass is 16.5. The minimum absolute atomic E-state index is 0.0730. The molecule has 0 saturated heterocycles. The lowest BCUT2D eigenvalue weighted by Crippen LogP contribution is -2.29. The summed E-state index contributed by atoms with van der Waals surface area (Å²) >= 11 is 0. The number of ether oxygens (including phenoxy) is 1. The maximum absolute atomic E-state index is 13.1. The molecular weight excluding hydrogens is 388 g/mol. The predicted molar refractivity (Wildman–Crippen MR) is 124 cm³/mol. The molecule has 160 valence electrons. The third kappa shape index (κ3) is 4.24. The van der Waals surface area contributed by atoms with E-state index in [1.807, 2.05) is 56.3 Å². The fourth-order valence-electron chi connectivity index (χ4n) is 4.11. The van der Waals surface area contributed by atoms with Crippen LogP contribution < -0.4 is 15.4 Å². The van der Waals surface area contributed by atoms with Crippen molar-refractivity contribution in [3.63, 3.8) is 0 Å². The molecule has 0 spiro atoms. The monoisotopic (exact) mass is 416 g/mol. The van der Waals surface area contributed by atoms with Crippen molar-refractivity contribution >= 4 is 28.9 Å². The number of rotatable bonds is 5. The van der Waals surface area contributed by atoms with Crippen LogP contribution in [0.4, 0.5) is 23.1 Å². The number of aryl methyl sites for hydroxylation is 2. The molecule has 1 aromatic heterocycles. The van der Waals surface area contributed by atoms with E-state index >= 15 is 0 Å². The normalized spacial score (nSPS) is 14.7. The van der Waals surface area contributed by atoms with Crippen molar-refractivity contribution in [2.75, 3.05) is 17.7 Å². The van der Waals surface area contributed by atoms with Crippen molar-refractivity contribution in [1.29, 1.82) is 0 Å². The quantitative estimate of drug-likeness (QED) is 0.552. The molecule has 1 heterocycles. The standard InChI is InChI=1S/C25H28N4O2/c1-15-9-8-10-16(2)22(15)28-23-21-18(13-25(3,4)14-19(21)30)27-24(29-23)26-17-11-6-7-12-20(17)31-5/h6-12H,13-14H2,1-5H3,(H2,26,27,28,29). The van der Waals surface area contributed by atoms with E-state index in [2.05, 4.69) is 24.5 Å². The molecule has 0 bridgehead atoms. The molecule has 0 aliphatic heterocycles. The number of anilines is 4. The summed E-state index contributed by atoms with van der Waals surface area (Å²) in [5.74, 6) is 1.75. The Morgan fingerprint density at radius 2 is 1.65 bits per heavy atom. The number of Topliss-reactive ketones (excluding diaryl/α,β-unsaturated/α-hetero) is 1. The summed E-state index contributed by atoms with van der Waals surface area (Å²) in [6.45, 7) is 8.29. The van der Waals surface area contributed by atoms with Gasteiger partial charge in [0.25, 0.3) is 0 Å². The van der Waals surface area contributed by atoms with E-state index in [1.165, 1.54) is 0 Å². The number of aromatic nitrogens is 2. The lowest BCUT2D eigenvalue weighted by atomic mass is 9.75. The minimum Gasteiger partial charge on any atom is -0.495 e. The van der Waals surface area contributed by atoms with Crippen molar-refractivity contribution in [3.8, 4) is 5.75 Å². The van der Waals surface area contributed by atoms with Gasteiger partial charge in [-0.05, 0) is 48.9 Å². The first-order valence-corrected chi connectivity index (χ1v) is 10.4. The zero-order valence-electron chi connectivity index (χ0n) is 18.7. The zero-order chi connectivity index (χ0) is 22.2. The number of carbonyl (C=O) groups is 1. The molecule has 6 heteroatoms. The number of fused-ring (bicyclic) bond motifs is 1. The maximum Gasteiger partial charge on any atom is 0.229 e. The Morgan fingerprint density at radius 3 is 2.35 bits per heavy atom. The van der Waals surface area contributed by atoms with Crippen LogP contribution in [0.25, 0.3) is 0 Å². The number of methoxy groups -OCH3 is 1. The van der Waals surface area contributed by atoms with Crippen LogP contribution in [-0.4, -0.2) is 22.9 Å². The fourth-order valence-corrected chi connectivity index (χ4v) is 4.11.